The summed E-state index contributed by atoms with van der Waals surface area (Å²) in [5.74, 6) is 0. The highest BCUT2D eigenvalue weighted by molar-refractivity contribution is 6.34. The first-order valence-electron chi connectivity index (χ1n) is 23.0. The first-order valence-corrected chi connectivity index (χ1v) is 23.0. The second-order valence-corrected chi connectivity index (χ2v) is 18.3. The molecule has 10 aromatic carbocycles. The zero-order valence-electron chi connectivity index (χ0n) is 36.6. The van der Waals surface area contributed by atoms with Gasteiger partial charge in [0.15, 0.2) is 0 Å². The molecule has 2 aliphatic carbocycles. The molecule has 1 aromatic heterocycles. The van der Waals surface area contributed by atoms with Crippen molar-refractivity contribution in [3.8, 4) is 39.1 Å². The Balaban J connectivity index is 1.09. The predicted molar refractivity (Wildman–Crippen MR) is 276 cm³/mol. The van der Waals surface area contributed by atoms with E-state index in [1.807, 2.05) is 0 Å². The van der Waals surface area contributed by atoms with E-state index in [4.69, 9.17) is 0 Å². The minimum Gasteiger partial charge on any atom is -0.312 e. The summed E-state index contributed by atoms with van der Waals surface area (Å²) in [4.78, 5) is 2.52. The Morgan fingerprint density at radius 3 is 1.74 bits per heavy atom. The van der Waals surface area contributed by atoms with Crippen molar-refractivity contribution in [2.45, 2.75) is 32.1 Å². The molecule has 13 rings (SSSR count). The Labute approximate surface area is 380 Å². The lowest BCUT2D eigenvalue weighted by atomic mass is 9.82. The van der Waals surface area contributed by atoms with Gasteiger partial charge in [-0.3, -0.25) is 0 Å². The molecule has 65 heavy (non-hydrogen) atoms. The maximum Gasteiger partial charge on any atom is 0.0622 e. The maximum absolute atomic E-state index is 2.58. The van der Waals surface area contributed by atoms with E-state index in [9.17, 15) is 0 Å². The van der Waals surface area contributed by atoms with Crippen LogP contribution in [0.25, 0.3) is 88.4 Å². The number of allylic oxidation sites excluding steroid dienone is 1. The molecule has 0 bridgehead atoms. The van der Waals surface area contributed by atoms with Gasteiger partial charge < -0.3 is 9.47 Å². The first-order chi connectivity index (χ1) is 32.0. The van der Waals surface area contributed by atoms with E-state index >= 15 is 0 Å². The quantitative estimate of drug-likeness (QED) is 0.152. The zero-order valence-corrected chi connectivity index (χ0v) is 36.6. The standard InChI is InChI=1S/C63H46N2/c1-63(2)56-27-15-13-22-49(56)50-38-37-47(39-57(50)63)64(45-33-29-43(30-34-45)41-17-5-3-6-18-41)59-40-55-48-21-9-12-25-53(48)62-61(60(55)52-24-11-10-23-51(52)59)54-26-14-16-28-58(54)65(62)46-35-31-44(32-36-46)42-19-7-4-8-20-42/h3-15,17-27,29-40H,16,28H2,1-2H3. The number of fused-ring (bicyclic) bond motifs is 13. The molecule has 0 N–H and O–H groups in total. The molecule has 0 amide bonds. The third-order valence-electron chi connectivity index (χ3n) is 14.4. The van der Waals surface area contributed by atoms with Gasteiger partial charge >= 0.3 is 0 Å². The van der Waals surface area contributed by atoms with Crippen molar-refractivity contribution in [2.75, 3.05) is 4.90 Å². The summed E-state index contributed by atoms with van der Waals surface area (Å²) in [5.41, 5.74) is 18.8. The Bertz CT molecular complexity index is 3700. The fraction of sp³-hybridized carbons (Fsp3) is 0.0794. The van der Waals surface area contributed by atoms with E-state index in [1.54, 1.807) is 0 Å². The number of hydrogen-bond donors (Lipinski definition) is 0. The van der Waals surface area contributed by atoms with E-state index in [0.717, 1.165) is 24.2 Å². The summed E-state index contributed by atoms with van der Waals surface area (Å²) in [7, 11) is 0. The summed E-state index contributed by atoms with van der Waals surface area (Å²) in [5, 5.41) is 8.91. The van der Waals surface area contributed by atoms with Crippen LogP contribution < -0.4 is 4.90 Å². The van der Waals surface area contributed by atoms with Crippen LogP contribution in [0.1, 0.15) is 42.7 Å². The smallest absolute Gasteiger partial charge is 0.0622 e. The van der Waals surface area contributed by atoms with Crippen LogP contribution in [-0.4, -0.2) is 4.57 Å². The zero-order chi connectivity index (χ0) is 43.2. The molecule has 0 unspecified atom stereocenters. The Hall–Kier alpha value is -7.94. The van der Waals surface area contributed by atoms with Gasteiger partial charge in [-0.25, -0.2) is 0 Å². The maximum atomic E-state index is 2.58. The minimum absolute atomic E-state index is 0.139. The van der Waals surface area contributed by atoms with Crippen molar-refractivity contribution in [3.63, 3.8) is 0 Å². The van der Waals surface area contributed by atoms with E-state index < -0.39 is 0 Å². The van der Waals surface area contributed by atoms with Gasteiger partial charge in [0.05, 0.1) is 11.2 Å². The van der Waals surface area contributed by atoms with Gasteiger partial charge in [-0.1, -0.05) is 190 Å². The van der Waals surface area contributed by atoms with Gasteiger partial charge in [-0.05, 0) is 116 Å². The monoisotopic (exact) mass is 830 g/mol. The molecule has 0 saturated carbocycles. The highest BCUT2D eigenvalue weighted by Gasteiger charge is 2.36. The number of benzene rings is 10. The summed E-state index contributed by atoms with van der Waals surface area (Å²) in [6.07, 6.45) is 6.78. The number of aromatic nitrogens is 1. The molecule has 1 heterocycles. The van der Waals surface area contributed by atoms with Gasteiger partial charge in [-0.2, -0.15) is 0 Å². The molecule has 0 spiro atoms. The van der Waals surface area contributed by atoms with Crippen molar-refractivity contribution >= 4 is 66.4 Å². The van der Waals surface area contributed by atoms with Crippen LogP contribution in [0.4, 0.5) is 17.1 Å². The van der Waals surface area contributed by atoms with Crippen LogP contribution in [0.2, 0.25) is 0 Å². The largest absolute Gasteiger partial charge is 0.312 e. The molecule has 2 aliphatic rings. The second kappa shape index (κ2) is 14.6. The van der Waals surface area contributed by atoms with Crippen LogP contribution in [0.3, 0.4) is 0 Å². The van der Waals surface area contributed by atoms with Crippen LogP contribution in [0.5, 0.6) is 0 Å². The fourth-order valence-corrected chi connectivity index (χ4v) is 11.4. The van der Waals surface area contributed by atoms with E-state index in [0.29, 0.717) is 0 Å². The molecule has 11 aromatic rings. The fourth-order valence-electron chi connectivity index (χ4n) is 11.4. The third kappa shape index (κ3) is 5.73. The lowest BCUT2D eigenvalue weighted by Gasteiger charge is -2.30. The number of hydrogen-bond acceptors (Lipinski definition) is 1. The van der Waals surface area contributed by atoms with Crippen LogP contribution in [0, 0.1) is 0 Å². The summed E-state index contributed by atoms with van der Waals surface area (Å²) in [6, 6.07) is 76.6. The number of nitrogens with zero attached hydrogens (tertiary/aromatic N) is 2. The van der Waals surface area contributed by atoms with E-state index in [1.165, 1.54) is 110 Å². The summed E-state index contributed by atoms with van der Waals surface area (Å²) in [6.45, 7) is 4.75. The highest BCUT2D eigenvalue weighted by Crippen LogP contribution is 2.53. The average molecular weight is 831 g/mol. The van der Waals surface area contributed by atoms with Crippen LogP contribution in [-0.2, 0) is 11.8 Å². The lowest BCUT2D eigenvalue weighted by molar-refractivity contribution is 0.660. The molecule has 0 atom stereocenters. The number of anilines is 3. The van der Waals surface area contributed by atoms with Crippen LogP contribution in [0.15, 0.2) is 212 Å². The van der Waals surface area contributed by atoms with Crippen LogP contribution >= 0.6 is 0 Å². The van der Waals surface area contributed by atoms with Crippen molar-refractivity contribution in [2.24, 2.45) is 0 Å². The third-order valence-corrected chi connectivity index (χ3v) is 14.4. The molecule has 2 nitrogen and oxygen atoms in total. The summed E-state index contributed by atoms with van der Waals surface area (Å²) < 4.78 is 2.58. The molecule has 308 valence electrons. The lowest BCUT2D eigenvalue weighted by Crippen LogP contribution is -2.16. The average Bonchev–Trinajstić information content (AvgIpc) is 3.83. The predicted octanol–water partition coefficient (Wildman–Crippen LogP) is 17.2. The molecular formula is C63H46N2. The second-order valence-electron chi connectivity index (χ2n) is 18.3. The molecular weight excluding hydrogens is 785 g/mol. The van der Waals surface area contributed by atoms with Crippen molar-refractivity contribution in [3.05, 3.63) is 235 Å². The normalized spacial score (nSPS) is 13.6. The Morgan fingerprint density at radius 1 is 0.446 bits per heavy atom. The van der Waals surface area contributed by atoms with Gasteiger partial charge in [0.2, 0.25) is 0 Å². The van der Waals surface area contributed by atoms with Crippen molar-refractivity contribution < 1.29 is 0 Å². The van der Waals surface area contributed by atoms with Crippen molar-refractivity contribution in [1.82, 2.24) is 4.57 Å². The van der Waals surface area contributed by atoms with Gasteiger partial charge in [0.1, 0.15) is 0 Å². The Kier molecular flexibility index (Phi) is 8.42. The molecule has 0 radical (unpaired) electrons. The number of rotatable bonds is 6. The SMILES string of the molecule is CC1(C)c2ccccc2-c2ccc(N(c3ccc(-c4ccccc4)cc3)c3cc4c5ccccc5c5c(c6c(n5-c5ccc(-c7ccccc7)cc5)CCC=C6)c4c4ccccc34)cc21. The highest BCUT2D eigenvalue weighted by atomic mass is 15.1. The van der Waals surface area contributed by atoms with E-state index in [2.05, 4.69) is 242 Å². The Morgan fingerprint density at radius 2 is 1.02 bits per heavy atom. The van der Waals surface area contributed by atoms with Gasteiger partial charge in [0.25, 0.3) is 0 Å². The minimum atomic E-state index is -0.139. The topological polar surface area (TPSA) is 8.17 Å². The van der Waals surface area contributed by atoms with Crippen molar-refractivity contribution in [1.29, 1.82) is 0 Å². The molecule has 0 saturated heterocycles. The molecule has 0 fully saturated rings. The van der Waals surface area contributed by atoms with Gasteiger partial charge in [0, 0.05) is 55.3 Å². The van der Waals surface area contributed by atoms with Gasteiger partial charge in [-0.15, -0.1) is 0 Å². The molecule has 0 aliphatic heterocycles. The summed E-state index contributed by atoms with van der Waals surface area (Å²) >= 11 is 0. The molecule has 2 heteroatoms. The van der Waals surface area contributed by atoms with E-state index in [-0.39, 0.29) is 5.41 Å². The first kappa shape index (κ1) is 37.6.